The Hall–Kier alpha value is -2.68. The fourth-order valence-corrected chi connectivity index (χ4v) is 4.02. The van der Waals surface area contributed by atoms with E-state index in [-0.39, 0.29) is 5.91 Å². The molecule has 0 atom stereocenters. The lowest BCUT2D eigenvalue weighted by Gasteiger charge is -2.18. The predicted molar refractivity (Wildman–Crippen MR) is 106 cm³/mol. The van der Waals surface area contributed by atoms with Gasteiger partial charge in [-0.15, -0.1) is 0 Å². The van der Waals surface area contributed by atoms with E-state index in [9.17, 15) is 4.79 Å². The number of carbonyl (C=O) groups excluding carboxylic acids is 1. The Bertz CT molecular complexity index is 928. The Morgan fingerprint density at radius 3 is 2.46 bits per heavy atom. The lowest BCUT2D eigenvalue weighted by Crippen LogP contribution is -2.33. The van der Waals surface area contributed by atoms with Crippen molar-refractivity contribution >= 4 is 16.8 Å². The highest BCUT2D eigenvalue weighted by Gasteiger charge is 2.23. The number of para-hydroxylation sites is 1. The van der Waals surface area contributed by atoms with Gasteiger partial charge in [-0.3, -0.25) is 4.79 Å². The molecule has 0 bridgehead atoms. The largest absolute Gasteiger partial charge is 0.349 e. The molecule has 1 saturated carbocycles. The molecule has 3 nitrogen and oxygen atoms in total. The van der Waals surface area contributed by atoms with Crippen molar-refractivity contribution in [2.45, 2.75) is 45.1 Å². The molecule has 0 unspecified atom stereocenters. The maximum Gasteiger partial charge on any atom is 0.252 e. The van der Waals surface area contributed by atoms with Crippen LogP contribution in [0.15, 0.2) is 54.6 Å². The van der Waals surface area contributed by atoms with E-state index < -0.39 is 0 Å². The average Bonchev–Trinajstić information content (AvgIpc) is 3.20. The van der Waals surface area contributed by atoms with Crippen molar-refractivity contribution in [2.75, 3.05) is 0 Å². The van der Waals surface area contributed by atoms with Crippen molar-refractivity contribution in [3.05, 3.63) is 65.7 Å². The summed E-state index contributed by atoms with van der Waals surface area (Å²) in [6.45, 7) is 2.10. The van der Waals surface area contributed by atoms with Crippen molar-refractivity contribution < 1.29 is 4.79 Å². The molecule has 1 fully saturated rings. The third-order valence-corrected chi connectivity index (χ3v) is 5.31. The minimum Gasteiger partial charge on any atom is -0.349 e. The van der Waals surface area contributed by atoms with E-state index in [4.69, 9.17) is 4.98 Å². The standard InChI is InChI=1S/C23H24N2O/c1-2-18-21(23(26)24-17-12-6-7-13-17)19-14-8-9-15-20(19)25-22(18)16-10-4-3-5-11-16/h3-5,8-11,14-15,17H,2,6-7,12-13H2,1H3,(H,24,26). The summed E-state index contributed by atoms with van der Waals surface area (Å²) in [5.74, 6) is 0.0459. The molecule has 1 aromatic heterocycles. The average molecular weight is 344 g/mol. The zero-order chi connectivity index (χ0) is 17.9. The summed E-state index contributed by atoms with van der Waals surface area (Å²) in [7, 11) is 0. The number of nitrogens with zero attached hydrogens (tertiary/aromatic N) is 1. The molecule has 26 heavy (non-hydrogen) atoms. The summed E-state index contributed by atoms with van der Waals surface area (Å²) < 4.78 is 0. The number of pyridine rings is 1. The van der Waals surface area contributed by atoms with Gasteiger partial charge in [0.1, 0.15) is 0 Å². The summed E-state index contributed by atoms with van der Waals surface area (Å²) in [6, 6.07) is 18.4. The lowest BCUT2D eigenvalue weighted by molar-refractivity contribution is 0.0938. The van der Waals surface area contributed by atoms with Gasteiger partial charge < -0.3 is 5.32 Å². The molecule has 0 aliphatic heterocycles. The molecule has 1 heterocycles. The predicted octanol–water partition coefficient (Wildman–Crippen LogP) is 5.14. The van der Waals surface area contributed by atoms with Gasteiger partial charge in [0.2, 0.25) is 0 Å². The Morgan fingerprint density at radius 2 is 1.73 bits per heavy atom. The van der Waals surface area contributed by atoms with Crippen molar-refractivity contribution in [1.82, 2.24) is 10.3 Å². The molecule has 1 amide bonds. The number of benzene rings is 2. The molecule has 1 N–H and O–H groups in total. The van der Waals surface area contributed by atoms with Gasteiger partial charge >= 0.3 is 0 Å². The molecule has 2 aromatic carbocycles. The molecule has 3 heteroatoms. The normalized spacial score (nSPS) is 14.7. The van der Waals surface area contributed by atoms with Gasteiger partial charge in [0, 0.05) is 17.0 Å². The van der Waals surface area contributed by atoms with Crippen LogP contribution in [0.4, 0.5) is 0 Å². The molecular formula is C23H24N2O. The number of aromatic nitrogens is 1. The van der Waals surface area contributed by atoms with Crippen LogP contribution in [0.3, 0.4) is 0 Å². The van der Waals surface area contributed by atoms with Crippen LogP contribution in [0.25, 0.3) is 22.2 Å². The first kappa shape index (κ1) is 16.8. The summed E-state index contributed by atoms with van der Waals surface area (Å²) in [5.41, 5.74) is 4.68. The summed E-state index contributed by atoms with van der Waals surface area (Å²) in [5, 5.41) is 4.22. The molecule has 4 rings (SSSR count). The monoisotopic (exact) mass is 344 g/mol. The van der Waals surface area contributed by atoms with Gasteiger partial charge in [-0.25, -0.2) is 4.98 Å². The Kier molecular flexibility index (Phi) is 4.70. The lowest BCUT2D eigenvalue weighted by atomic mass is 9.94. The second-order valence-corrected chi connectivity index (χ2v) is 7.01. The van der Waals surface area contributed by atoms with Crippen LogP contribution >= 0.6 is 0 Å². The van der Waals surface area contributed by atoms with Crippen LogP contribution in [0.1, 0.15) is 48.5 Å². The minimum atomic E-state index is 0.0459. The summed E-state index contributed by atoms with van der Waals surface area (Å²) >= 11 is 0. The van der Waals surface area contributed by atoms with Crippen molar-refractivity contribution in [3.63, 3.8) is 0 Å². The second-order valence-electron chi connectivity index (χ2n) is 7.01. The first-order valence-electron chi connectivity index (χ1n) is 9.56. The second kappa shape index (κ2) is 7.28. The zero-order valence-corrected chi connectivity index (χ0v) is 15.2. The number of amides is 1. The van der Waals surface area contributed by atoms with Gasteiger partial charge in [-0.1, -0.05) is 68.3 Å². The molecule has 3 aromatic rings. The van der Waals surface area contributed by atoms with Crippen LogP contribution < -0.4 is 5.32 Å². The molecule has 0 radical (unpaired) electrons. The van der Waals surface area contributed by atoms with Crippen LogP contribution in [-0.4, -0.2) is 16.9 Å². The third-order valence-electron chi connectivity index (χ3n) is 5.31. The van der Waals surface area contributed by atoms with E-state index in [0.29, 0.717) is 6.04 Å². The molecular weight excluding hydrogens is 320 g/mol. The van der Waals surface area contributed by atoms with Crippen molar-refractivity contribution in [1.29, 1.82) is 0 Å². The first-order valence-corrected chi connectivity index (χ1v) is 9.56. The van der Waals surface area contributed by atoms with Crippen LogP contribution in [-0.2, 0) is 6.42 Å². The number of hydrogen-bond donors (Lipinski definition) is 1. The van der Waals surface area contributed by atoms with Crippen molar-refractivity contribution in [2.24, 2.45) is 0 Å². The smallest absolute Gasteiger partial charge is 0.252 e. The number of hydrogen-bond acceptors (Lipinski definition) is 2. The van der Waals surface area contributed by atoms with Gasteiger partial charge in [0.15, 0.2) is 0 Å². The maximum atomic E-state index is 13.2. The Morgan fingerprint density at radius 1 is 1.04 bits per heavy atom. The highest BCUT2D eigenvalue weighted by Crippen LogP contribution is 2.31. The topological polar surface area (TPSA) is 42.0 Å². The Balaban J connectivity index is 1.89. The van der Waals surface area contributed by atoms with E-state index in [2.05, 4.69) is 24.4 Å². The van der Waals surface area contributed by atoms with E-state index in [1.54, 1.807) is 0 Å². The number of nitrogens with one attached hydrogen (secondary N) is 1. The van der Waals surface area contributed by atoms with Crippen LogP contribution in [0.2, 0.25) is 0 Å². The number of fused-ring (bicyclic) bond motifs is 1. The van der Waals surface area contributed by atoms with Gasteiger partial charge in [-0.2, -0.15) is 0 Å². The molecule has 1 aliphatic rings. The van der Waals surface area contributed by atoms with E-state index >= 15 is 0 Å². The summed E-state index contributed by atoms with van der Waals surface area (Å²) in [4.78, 5) is 18.2. The Labute approximate surface area is 154 Å². The number of rotatable bonds is 4. The highest BCUT2D eigenvalue weighted by molar-refractivity contribution is 6.09. The molecule has 1 aliphatic carbocycles. The van der Waals surface area contributed by atoms with Crippen LogP contribution in [0.5, 0.6) is 0 Å². The third kappa shape index (κ3) is 3.10. The van der Waals surface area contributed by atoms with E-state index in [1.807, 2.05) is 42.5 Å². The van der Waals surface area contributed by atoms with Gasteiger partial charge in [0.05, 0.1) is 16.8 Å². The first-order chi connectivity index (χ1) is 12.8. The zero-order valence-electron chi connectivity index (χ0n) is 15.2. The molecule has 0 spiro atoms. The molecule has 0 saturated heterocycles. The van der Waals surface area contributed by atoms with Gasteiger partial charge in [-0.05, 0) is 30.9 Å². The van der Waals surface area contributed by atoms with Crippen molar-refractivity contribution in [3.8, 4) is 11.3 Å². The SMILES string of the molecule is CCc1c(-c2ccccc2)nc2ccccc2c1C(=O)NC1CCCC1. The van der Waals surface area contributed by atoms with Crippen LogP contribution in [0, 0.1) is 0 Å². The van der Waals surface area contributed by atoms with Gasteiger partial charge in [0.25, 0.3) is 5.91 Å². The quantitative estimate of drug-likeness (QED) is 0.712. The number of carbonyl (C=O) groups is 1. The minimum absolute atomic E-state index is 0.0459. The van der Waals surface area contributed by atoms with E-state index in [1.165, 1.54) is 12.8 Å². The maximum absolute atomic E-state index is 13.2. The highest BCUT2D eigenvalue weighted by atomic mass is 16.1. The summed E-state index contributed by atoms with van der Waals surface area (Å²) in [6.07, 6.45) is 5.36. The fourth-order valence-electron chi connectivity index (χ4n) is 4.02. The molecule has 132 valence electrons. The van der Waals surface area contributed by atoms with E-state index in [0.717, 1.165) is 52.5 Å². The fraction of sp³-hybridized carbons (Fsp3) is 0.304.